The summed E-state index contributed by atoms with van der Waals surface area (Å²) in [7, 11) is 0. The summed E-state index contributed by atoms with van der Waals surface area (Å²) >= 11 is 0. The van der Waals surface area contributed by atoms with E-state index in [1.807, 2.05) is 13.8 Å². The van der Waals surface area contributed by atoms with Gasteiger partial charge in [-0.3, -0.25) is 14.4 Å². The number of ether oxygens (including phenoxy) is 2. The van der Waals surface area contributed by atoms with Crippen LogP contribution in [0.15, 0.2) is 0 Å². The Kier molecular flexibility index (Phi) is 6.46. The molecule has 3 aliphatic rings. The quantitative estimate of drug-likeness (QED) is 0.558. The number of likely N-dealkylation sites (tertiary alicyclic amines) is 1. The molecule has 3 fully saturated rings. The summed E-state index contributed by atoms with van der Waals surface area (Å²) in [5.41, 5.74) is -1.49. The van der Waals surface area contributed by atoms with Crippen LogP contribution in [-0.4, -0.2) is 70.8 Å². The monoisotopic (exact) mass is 438 g/mol. The third kappa shape index (κ3) is 4.33. The first-order valence-electron chi connectivity index (χ1n) is 11.4. The molecule has 0 aliphatic carbocycles. The first-order chi connectivity index (χ1) is 14.4. The topological polar surface area (TPSA) is 105 Å². The maximum Gasteiger partial charge on any atom is 0.312 e. The number of carbonyl (C=O) groups excluding carboxylic acids is 3. The molecular formula is C23H38N2O6. The van der Waals surface area contributed by atoms with E-state index in [4.69, 9.17) is 9.47 Å². The number of aliphatic hydroxyl groups is 1. The van der Waals surface area contributed by atoms with Gasteiger partial charge in [-0.15, -0.1) is 0 Å². The Hall–Kier alpha value is -1.67. The maximum absolute atomic E-state index is 13.6. The molecule has 0 aromatic heterocycles. The van der Waals surface area contributed by atoms with E-state index in [9.17, 15) is 19.5 Å². The highest BCUT2D eigenvalue weighted by molar-refractivity contribution is 5.98. The zero-order chi connectivity index (χ0) is 23.2. The summed E-state index contributed by atoms with van der Waals surface area (Å²) in [6.45, 7) is 12.4. The lowest BCUT2D eigenvalue weighted by Crippen LogP contribution is -2.59. The number of rotatable bonds is 8. The number of nitrogens with zero attached hydrogens (tertiary/aromatic N) is 1. The molecule has 3 heterocycles. The molecule has 3 aliphatic heterocycles. The Morgan fingerprint density at radius 1 is 1.29 bits per heavy atom. The third-order valence-electron chi connectivity index (χ3n) is 6.60. The van der Waals surface area contributed by atoms with Crippen molar-refractivity contribution in [1.82, 2.24) is 10.2 Å². The molecule has 2 unspecified atom stereocenters. The fourth-order valence-corrected chi connectivity index (χ4v) is 6.21. The van der Waals surface area contributed by atoms with Crippen LogP contribution in [0.5, 0.6) is 0 Å². The van der Waals surface area contributed by atoms with E-state index in [1.165, 1.54) is 4.90 Å². The van der Waals surface area contributed by atoms with Crippen LogP contribution in [0.2, 0.25) is 0 Å². The van der Waals surface area contributed by atoms with Crippen molar-refractivity contribution in [3.63, 3.8) is 0 Å². The van der Waals surface area contributed by atoms with E-state index >= 15 is 0 Å². The summed E-state index contributed by atoms with van der Waals surface area (Å²) in [6, 6.07) is -0.819. The molecule has 5 atom stereocenters. The molecule has 3 saturated heterocycles. The van der Waals surface area contributed by atoms with Gasteiger partial charge < -0.3 is 24.8 Å². The second-order valence-corrected chi connectivity index (χ2v) is 11.0. The molecule has 2 bridgehead atoms. The van der Waals surface area contributed by atoms with Gasteiger partial charge >= 0.3 is 5.97 Å². The van der Waals surface area contributed by atoms with Crippen molar-refractivity contribution in [2.24, 2.45) is 17.3 Å². The summed E-state index contributed by atoms with van der Waals surface area (Å²) in [5.74, 6) is -2.33. The Labute approximate surface area is 185 Å². The minimum Gasteiger partial charge on any atom is -0.466 e. The standard InChI is InChI=1S/C23H38N2O6/c1-7-30-20(29)15-14-9-10-23(31-14)16(15)19(28)25(11-8-12-26)17(23)18(27)24-22(5,6)13-21(2,3)4/h14-17,26H,7-13H2,1-6H3,(H,24,27)/t14-,15+,16+,17?,23?/m1/s1. The van der Waals surface area contributed by atoms with Crippen molar-refractivity contribution in [3.8, 4) is 0 Å². The van der Waals surface area contributed by atoms with Gasteiger partial charge in [0.2, 0.25) is 11.8 Å². The van der Waals surface area contributed by atoms with Gasteiger partial charge in [0.05, 0.1) is 24.5 Å². The number of amides is 2. The lowest BCUT2D eigenvalue weighted by Gasteiger charge is -2.38. The summed E-state index contributed by atoms with van der Waals surface area (Å²) in [5, 5.41) is 12.5. The lowest BCUT2D eigenvalue weighted by molar-refractivity contribution is -0.154. The first kappa shape index (κ1) is 24.0. The predicted octanol–water partition coefficient (Wildman–Crippen LogP) is 1.64. The van der Waals surface area contributed by atoms with E-state index in [0.29, 0.717) is 19.3 Å². The average Bonchev–Trinajstić information content (AvgIpc) is 3.25. The van der Waals surface area contributed by atoms with Gasteiger partial charge in [0, 0.05) is 18.7 Å². The van der Waals surface area contributed by atoms with E-state index in [2.05, 4.69) is 26.1 Å². The van der Waals surface area contributed by atoms with Gasteiger partial charge in [-0.1, -0.05) is 20.8 Å². The van der Waals surface area contributed by atoms with Gasteiger partial charge in [0.15, 0.2) is 0 Å². The Morgan fingerprint density at radius 2 is 1.97 bits per heavy atom. The van der Waals surface area contributed by atoms with Gasteiger partial charge in [0.25, 0.3) is 0 Å². The molecule has 2 N–H and O–H groups in total. The molecule has 8 heteroatoms. The maximum atomic E-state index is 13.6. The minimum atomic E-state index is -1.02. The molecule has 0 aromatic carbocycles. The van der Waals surface area contributed by atoms with E-state index < -0.39 is 41.1 Å². The first-order valence-corrected chi connectivity index (χ1v) is 11.4. The molecule has 176 valence electrons. The highest BCUT2D eigenvalue weighted by Crippen LogP contribution is 2.58. The van der Waals surface area contributed by atoms with E-state index in [0.717, 1.165) is 6.42 Å². The van der Waals surface area contributed by atoms with Crippen LogP contribution in [0.4, 0.5) is 0 Å². The lowest BCUT2D eigenvalue weighted by atomic mass is 9.70. The summed E-state index contributed by atoms with van der Waals surface area (Å²) in [6.07, 6.45) is 1.89. The number of hydrogen-bond donors (Lipinski definition) is 2. The van der Waals surface area contributed by atoms with Crippen molar-refractivity contribution in [1.29, 1.82) is 0 Å². The van der Waals surface area contributed by atoms with Gasteiger partial charge in [-0.05, 0) is 51.9 Å². The van der Waals surface area contributed by atoms with Crippen molar-refractivity contribution >= 4 is 17.8 Å². The fourth-order valence-electron chi connectivity index (χ4n) is 6.21. The van der Waals surface area contributed by atoms with Crippen LogP contribution in [-0.2, 0) is 23.9 Å². The molecule has 0 aromatic rings. The molecular weight excluding hydrogens is 400 g/mol. The number of nitrogens with one attached hydrogen (secondary N) is 1. The molecule has 2 amide bonds. The molecule has 0 saturated carbocycles. The van der Waals surface area contributed by atoms with Crippen LogP contribution in [0.3, 0.4) is 0 Å². The number of esters is 1. The normalized spacial score (nSPS) is 32.4. The summed E-state index contributed by atoms with van der Waals surface area (Å²) in [4.78, 5) is 41.3. The largest absolute Gasteiger partial charge is 0.466 e. The molecule has 31 heavy (non-hydrogen) atoms. The Morgan fingerprint density at radius 3 is 2.55 bits per heavy atom. The van der Waals surface area contributed by atoms with E-state index in [-0.39, 0.29) is 37.0 Å². The Bertz CT molecular complexity index is 730. The van der Waals surface area contributed by atoms with Crippen molar-refractivity contribution in [3.05, 3.63) is 0 Å². The number of aliphatic hydroxyl groups excluding tert-OH is 1. The summed E-state index contributed by atoms with van der Waals surface area (Å²) < 4.78 is 11.6. The van der Waals surface area contributed by atoms with Crippen LogP contribution < -0.4 is 5.32 Å². The number of carbonyl (C=O) groups is 3. The van der Waals surface area contributed by atoms with Crippen molar-refractivity contribution in [2.75, 3.05) is 19.8 Å². The smallest absolute Gasteiger partial charge is 0.312 e. The van der Waals surface area contributed by atoms with Crippen molar-refractivity contribution in [2.45, 2.75) is 90.5 Å². The average molecular weight is 439 g/mol. The predicted molar refractivity (Wildman–Crippen MR) is 114 cm³/mol. The fraction of sp³-hybridized carbons (Fsp3) is 0.870. The van der Waals surface area contributed by atoms with Gasteiger partial charge in [0.1, 0.15) is 11.6 Å². The third-order valence-corrected chi connectivity index (χ3v) is 6.60. The van der Waals surface area contributed by atoms with Crippen LogP contribution in [0.25, 0.3) is 0 Å². The highest BCUT2D eigenvalue weighted by atomic mass is 16.6. The van der Waals surface area contributed by atoms with Gasteiger partial charge in [-0.25, -0.2) is 0 Å². The molecule has 8 nitrogen and oxygen atoms in total. The Balaban J connectivity index is 1.93. The van der Waals surface area contributed by atoms with Crippen LogP contribution in [0, 0.1) is 17.3 Å². The second-order valence-electron chi connectivity index (χ2n) is 11.0. The van der Waals surface area contributed by atoms with Gasteiger partial charge in [-0.2, -0.15) is 0 Å². The zero-order valence-corrected chi connectivity index (χ0v) is 19.7. The number of fused-ring (bicyclic) bond motifs is 1. The van der Waals surface area contributed by atoms with Crippen LogP contribution in [0.1, 0.15) is 67.2 Å². The molecule has 0 radical (unpaired) electrons. The SMILES string of the molecule is CCOC(=O)[C@@H]1[C@H]2C(=O)N(CCCO)C(C(=O)NC(C)(C)CC(C)(C)C)C23CC[C@H]1O3. The minimum absolute atomic E-state index is 0.0109. The van der Waals surface area contributed by atoms with Crippen molar-refractivity contribution < 1.29 is 29.0 Å². The second kappa shape index (κ2) is 8.35. The number of hydrogen-bond acceptors (Lipinski definition) is 6. The van der Waals surface area contributed by atoms with Crippen LogP contribution >= 0.6 is 0 Å². The molecule has 3 rings (SSSR count). The van der Waals surface area contributed by atoms with E-state index in [1.54, 1.807) is 6.92 Å². The molecule has 1 spiro atoms. The zero-order valence-electron chi connectivity index (χ0n) is 19.7. The highest BCUT2D eigenvalue weighted by Gasteiger charge is 2.74.